The average Bonchev–Trinajstić information content (AvgIpc) is 2.44. The molecule has 2 rings (SSSR count). The lowest BCUT2D eigenvalue weighted by Gasteiger charge is -2.39. The molecular weight excluding hydrogens is 302 g/mol. The number of hydrogen-bond acceptors (Lipinski definition) is 2. The van der Waals surface area contributed by atoms with Crippen molar-refractivity contribution in [3.8, 4) is 0 Å². The van der Waals surface area contributed by atoms with Gasteiger partial charge in [-0.05, 0) is 42.9 Å². The monoisotopic (exact) mass is 323 g/mol. The second-order valence-electron chi connectivity index (χ2n) is 6.24. The summed E-state index contributed by atoms with van der Waals surface area (Å²) in [6.07, 6.45) is 3.23. The lowest BCUT2D eigenvalue weighted by atomic mass is 9.73. The molecule has 5 heteroatoms. The molecule has 1 saturated carbocycles. The molecule has 1 aliphatic rings. The summed E-state index contributed by atoms with van der Waals surface area (Å²) in [5.74, 6) is -1.30. The Morgan fingerprint density at radius 1 is 1.41 bits per heavy atom. The highest BCUT2D eigenvalue weighted by molar-refractivity contribution is 6.31. The maximum atomic E-state index is 12.3. The average molecular weight is 324 g/mol. The van der Waals surface area contributed by atoms with Gasteiger partial charge in [0.25, 0.3) is 0 Å². The highest BCUT2D eigenvalue weighted by Crippen LogP contribution is 2.34. The van der Waals surface area contributed by atoms with Crippen LogP contribution in [0.15, 0.2) is 18.2 Å². The highest BCUT2D eigenvalue weighted by atomic mass is 35.5. The molecule has 2 unspecified atom stereocenters. The Bertz CT molecular complexity index is 587. The van der Waals surface area contributed by atoms with E-state index >= 15 is 0 Å². The molecule has 0 radical (unpaired) electrons. The molecule has 0 aliphatic heterocycles. The van der Waals surface area contributed by atoms with Crippen LogP contribution < -0.4 is 5.32 Å². The molecule has 1 aromatic carbocycles. The molecule has 0 aromatic heterocycles. The quantitative estimate of drug-likeness (QED) is 0.893. The van der Waals surface area contributed by atoms with Gasteiger partial charge in [-0.1, -0.05) is 43.5 Å². The maximum Gasteiger partial charge on any atom is 0.329 e. The smallest absolute Gasteiger partial charge is 0.329 e. The summed E-state index contributed by atoms with van der Waals surface area (Å²) in [5.41, 5.74) is 0.595. The van der Waals surface area contributed by atoms with Crippen molar-refractivity contribution >= 4 is 23.5 Å². The zero-order valence-electron chi connectivity index (χ0n) is 13.0. The van der Waals surface area contributed by atoms with E-state index in [4.69, 9.17) is 11.6 Å². The Balaban J connectivity index is 2.13. The third-order valence-electron chi connectivity index (χ3n) is 4.60. The SMILES string of the molecule is Cc1ccc(CC(=O)NC2(C(=O)O)CCCCC2C)c(Cl)c1. The molecule has 4 nitrogen and oxygen atoms in total. The number of rotatable bonds is 4. The number of halogens is 1. The summed E-state index contributed by atoms with van der Waals surface area (Å²) in [4.78, 5) is 24.1. The minimum Gasteiger partial charge on any atom is -0.479 e. The standard InChI is InChI=1S/C17H22ClNO3/c1-11-6-7-13(14(18)9-11)10-15(20)19-17(16(21)22)8-4-3-5-12(17)2/h6-7,9,12H,3-5,8,10H2,1-2H3,(H,19,20)(H,21,22). The predicted molar refractivity (Wildman–Crippen MR) is 86.0 cm³/mol. The summed E-state index contributed by atoms with van der Waals surface area (Å²) >= 11 is 6.15. The van der Waals surface area contributed by atoms with Gasteiger partial charge >= 0.3 is 5.97 Å². The zero-order chi connectivity index (χ0) is 16.3. The van der Waals surface area contributed by atoms with Gasteiger partial charge in [0.05, 0.1) is 6.42 Å². The van der Waals surface area contributed by atoms with E-state index in [-0.39, 0.29) is 18.2 Å². The number of carbonyl (C=O) groups excluding carboxylic acids is 1. The molecule has 2 N–H and O–H groups in total. The van der Waals surface area contributed by atoms with Crippen LogP contribution in [0, 0.1) is 12.8 Å². The molecule has 1 aliphatic carbocycles. The Labute approximate surface area is 135 Å². The van der Waals surface area contributed by atoms with E-state index in [0.29, 0.717) is 17.0 Å². The Kier molecular flexibility index (Phi) is 5.12. The van der Waals surface area contributed by atoms with Crippen LogP contribution in [-0.4, -0.2) is 22.5 Å². The van der Waals surface area contributed by atoms with Gasteiger partial charge in [-0.2, -0.15) is 0 Å². The van der Waals surface area contributed by atoms with Crippen LogP contribution in [0.5, 0.6) is 0 Å². The van der Waals surface area contributed by atoms with Gasteiger partial charge in [-0.3, -0.25) is 4.79 Å². The van der Waals surface area contributed by atoms with Crippen molar-refractivity contribution in [3.05, 3.63) is 34.3 Å². The van der Waals surface area contributed by atoms with Gasteiger partial charge < -0.3 is 10.4 Å². The largest absolute Gasteiger partial charge is 0.479 e. The molecule has 0 bridgehead atoms. The third kappa shape index (κ3) is 3.43. The molecule has 0 saturated heterocycles. The van der Waals surface area contributed by atoms with Crippen molar-refractivity contribution < 1.29 is 14.7 Å². The van der Waals surface area contributed by atoms with Gasteiger partial charge in [0.1, 0.15) is 5.54 Å². The first-order chi connectivity index (χ1) is 10.3. The van der Waals surface area contributed by atoms with Crippen LogP contribution in [0.2, 0.25) is 5.02 Å². The van der Waals surface area contributed by atoms with E-state index in [9.17, 15) is 14.7 Å². The Morgan fingerprint density at radius 3 is 2.73 bits per heavy atom. The van der Waals surface area contributed by atoms with Gasteiger partial charge in [-0.15, -0.1) is 0 Å². The topological polar surface area (TPSA) is 66.4 Å². The number of carboxylic acid groups (broad SMARTS) is 1. The van der Waals surface area contributed by atoms with Gasteiger partial charge in [-0.25, -0.2) is 4.79 Å². The molecule has 120 valence electrons. The molecule has 0 spiro atoms. The number of aliphatic carboxylic acids is 1. The van der Waals surface area contributed by atoms with E-state index in [0.717, 1.165) is 24.8 Å². The second-order valence-corrected chi connectivity index (χ2v) is 6.65. The van der Waals surface area contributed by atoms with E-state index in [1.807, 2.05) is 26.0 Å². The van der Waals surface area contributed by atoms with Crippen LogP contribution in [0.4, 0.5) is 0 Å². The maximum absolute atomic E-state index is 12.3. The zero-order valence-corrected chi connectivity index (χ0v) is 13.7. The fourth-order valence-corrected chi connectivity index (χ4v) is 3.47. The van der Waals surface area contributed by atoms with Crippen molar-refractivity contribution in [3.63, 3.8) is 0 Å². The first-order valence-electron chi connectivity index (χ1n) is 7.64. The molecule has 22 heavy (non-hydrogen) atoms. The molecule has 0 heterocycles. The number of hydrogen-bond donors (Lipinski definition) is 2. The summed E-state index contributed by atoms with van der Waals surface area (Å²) in [5, 5.41) is 12.9. The Hall–Kier alpha value is -1.55. The first-order valence-corrected chi connectivity index (χ1v) is 8.02. The molecular formula is C17H22ClNO3. The number of aryl methyl sites for hydroxylation is 1. The van der Waals surface area contributed by atoms with Crippen LogP contribution >= 0.6 is 11.6 Å². The van der Waals surface area contributed by atoms with Crippen LogP contribution in [0.3, 0.4) is 0 Å². The van der Waals surface area contributed by atoms with Gasteiger partial charge in [0.2, 0.25) is 5.91 Å². The summed E-state index contributed by atoms with van der Waals surface area (Å²) in [6.45, 7) is 3.82. The molecule has 2 atom stereocenters. The van der Waals surface area contributed by atoms with Crippen molar-refractivity contribution in [2.75, 3.05) is 0 Å². The van der Waals surface area contributed by atoms with E-state index < -0.39 is 11.5 Å². The first kappa shape index (κ1) is 16.8. The van der Waals surface area contributed by atoms with Crippen molar-refractivity contribution in [2.24, 2.45) is 5.92 Å². The van der Waals surface area contributed by atoms with Crippen molar-refractivity contribution in [1.82, 2.24) is 5.32 Å². The molecule has 1 fully saturated rings. The number of carbonyl (C=O) groups is 2. The number of carboxylic acids is 1. The van der Waals surface area contributed by atoms with Crippen LogP contribution in [-0.2, 0) is 16.0 Å². The fourth-order valence-electron chi connectivity index (χ4n) is 3.17. The predicted octanol–water partition coefficient (Wildman–Crippen LogP) is 3.34. The van der Waals surface area contributed by atoms with Crippen LogP contribution in [0.25, 0.3) is 0 Å². The number of nitrogens with one attached hydrogen (secondary N) is 1. The summed E-state index contributed by atoms with van der Waals surface area (Å²) < 4.78 is 0. The lowest BCUT2D eigenvalue weighted by Crippen LogP contribution is -2.60. The number of benzene rings is 1. The van der Waals surface area contributed by atoms with E-state index in [1.165, 1.54) is 0 Å². The normalized spacial score (nSPS) is 24.8. The third-order valence-corrected chi connectivity index (χ3v) is 4.96. The minimum atomic E-state index is -1.15. The minimum absolute atomic E-state index is 0.0730. The molecule has 1 amide bonds. The van der Waals surface area contributed by atoms with Gasteiger partial charge in [0, 0.05) is 5.02 Å². The van der Waals surface area contributed by atoms with Crippen molar-refractivity contribution in [1.29, 1.82) is 0 Å². The van der Waals surface area contributed by atoms with Crippen LogP contribution in [0.1, 0.15) is 43.7 Å². The fraction of sp³-hybridized carbons (Fsp3) is 0.529. The van der Waals surface area contributed by atoms with E-state index in [1.54, 1.807) is 6.07 Å². The summed E-state index contributed by atoms with van der Waals surface area (Å²) in [6, 6.07) is 5.51. The number of amides is 1. The lowest BCUT2D eigenvalue weighted by molar-refractivity contribution is -0.151. The summed E-state index contributed by atoms with van der Waals surface area (Å²) in [7, 11) is 0. The van der Waals surface area contributed by atoms with Crippen molar-refractivity contribution in [2.45, 2.75) is 51.5 Å². The second kappa shape index (κ2) is 6.69. The highest BCUT2D eigenvalue weighted by Gasteiger charge is 2.46. The molecule has 1 aromatic rings. The van der Waals surface area contributed by atoms with Gasteiger partial charge in [0.15, 0.2) is 0 Å². The Morgan fingerprint density at radius 2 is 2.14 bits per heavy atom. The van der Waals surface area contributed by atoms with E-state index in [2.05, 4.69) is 5.32 Å².